The Balaban J connectivity index is 3.00. The summed E-state index contributed by atoms with van der Waals surface area (Å²) in [5, 5.41) is 6.31. The number of alkyl halides is 1. The van der Waals surface area contributed by atoms with Gasteiger partial charge in [0.05, 0.1) is 16.4 Å². The first-order chi connectivity index (χ1) is 8.37. The van der Waals surface area contributed by atoms with Gasteiger partial charge in [-0.2, -0.15) is 5.10 Å². The Hall–Kier alpha value is -0.0600. The van der Waals surface area contributed by atoms with Gasteiger partial charge in [-0.15, -0.1) is 0 Å². The molecule has 1 heterocycles. The molecule has 0 aliphatic rings. The van der Waals surface area contributed by atoms with Gasteiger partial charge in [0.15, 0.2) is 0 Å². The second-order valence-electron chi connectivity index (χ2n) is 5.18. The second-order valence-corrected chi connectivity index (χ2v) is 6.12. The van der Waals surface area contributed by atoms with Crippen LogP contribution in [-0.4, -0.2) is 32.6 Å². The van der Waals surface area contributed by atoms with Crippen molar-refractivity contribution in [2.45, 2.75) is 52.7 Å². The maximum Gasteiger partial charge on any atom is 0.0863 e. The molecule has 3 nitrogen and oxygen atoms in total. The summed E-state index contributed by atoms with van der Waals surface area (Å²) in [5.41, 5.74) is 2.21. The fourth-order valence-corrected chi connectivity index (χ4v) is 2.47. The fraction of sp³-hybridized carbons (Fsp3) is 0.769. The van der Waals surface area contributed by atoms with Crippen LogP contribution in [0.5, 0.6) is 0 Å². The quantitative estimate of drug-likeness (QED) is 0.738. The number of aryl methyl sites for hydroxylation is 2. The molecule has 1 aromatic rings. The molecule has 0 unspecified atom stereocenters. The smallest absolute Gasteiger partial charge is 0.0863 e. The van der Waals surface area contributed by atoms with Crippen LogP contribution in [0.2, 0.25) is 5.02 Å². The first-order valence-electron chi connectivity index (χ1n) is 6.38. The monoisotopic (exact) mass is 335 g/mol. The standard InChI is InChI=1S/C13H23BrClN3/c1-6-10-12(15)11(18(7-2)16-10)8-17(5)13(3,4)9-14/h6-9H2,1-5H3. The lowest BCUT2D eigenvalue weighted by atomic mass is 10.1. The SMILES string of the molecule is CCc1nn(CC)c(CN(C)C(C)(C)CBr)c1Cl. The number of nitrogens with zero attached hydrogens (tertiary/aromatic N) is 3. The Morgan fingerprint density at radius 2 is 2.00 bits per heavy atom. The Morgan fingerprint density at radius 1 is 1.39 bits per heavy atom. The first kappa shape index (κ1) is 16.0. The molecule has 0 amide bonds. The van der Waals surface area contributed by atoms with E-state index >= 15 is 0 Å². The molecule has 0 spiro atoms. The van der Waals surface area contributed by atoms with Crippen LogP contribution in [0.25, 0.3) is 0 Å². The highest BCUT2D eigenvalue weighted by Crippen LogP contribution is 2.25. The van der Waals surface area contributed by atoms with Crippen molar-refractivity contribution in [3.05, 3.63) is 16.4 Å². The average Bonchev–Trinajstić information content (AvgIpc) is 2.66. The molecular weight excluding hydrogens is 314 g/mol. The van der Waals surface area contributed by atoms with Gasteiger partial charge in [-0.3, -0.25) is 9.58 Å². The maximum absolute atomic E-state index is 6.42. The van der Waals surface area contributed by atoms with Crippen LogP contribution >= 0.6 is 27.5 Å². The summed E-state index contributed by atoms with van der Waals surface area (Å²) in [4.78, 5) is 2.30. The number of hydrogen-bond acceptors (Lipinski definition) is 2. The van der Waals surface area contributed by atoms with Crippen LogP contribution < -0.4 is 0 Å². The van der Waals surface area contributed by atoms with Gasteiger partial charge in [-0.1, -0.05) is 34.5 Å². The van der Waals surface area contributed by atoms with Gasteiger partial charge in [0.2, 0.25) is 0 Å². The van der Waals surface area contributed by atoms with Gasteiger partial charge < -0.3 is 0 Å². The van der Waals surface area contributed by atoms with Crippen LogP contribution in [0.4, 0.5) is 0 Å². The molecule has 0 saturated carbocycles. The van der Waals surface area contributed by atoms with E-state index in [2.05, 4.69) is 60.7 Å². The lowest BCUT2D eigenvalue weighted by Crippen LogP contribution is -2.42. The number of halogens is 2. The molecule has 0 aliphatic carbocycles. The highest BCUT2D eigenvalue weighted by Gasteiger charge is 2.25. The zero-order valence-corrected chi connectivity index (χ0v) is 14.3. The van der Waals surface area contributed by atoms with Gasteiger partial charge >= 0.3 is 0 Å². The summed E-state index contributed by atoms with van der Waals surface area (Å²) >= 11 is 9.98. The molecule has 1 aromatic heterocycles. The van der Waals surface area contributed by atoms with E-state index in [-0.39, 0.29) is 5.54 Å². The third kappa shape index (κ3) is 3.28. The van der Waals surface area contributed by atoms with Gasteiger partial charge in [0.25, 0.3) is 0 Å². The predicted octanol–water partition coefficient (Wildman–Crippen LogP) is 3.72. The van der Waals surface area contributed by atoms with Crippen molar-refractivity contribution < 1.29 is 0 Å². The van der Waals surface area contributed by atoms with E-state index in [0.717, 1.165) is 41.3 Å². The van der Waals surface area contributed by atoms with Crippen LogP contribution in [0.15, 0.2) is 0 Å². The van der Waals surface area contributed by atoms with Crippen LogP contribution in [-0.2, 0) is 19.5 Å². The molecule has 0 radical (unpaired) electrons. The maximum atomic E-state index is 6.42. The Labute approximate surface area is 124 Å². The van der Waals surface area contributed by atoms with Gasteiger partial charge in [-0.25, -0.2) is 0 Å². The molecule has 18 heavy (non-hydrogen) atoms. The lowest BCUT2D eigenvalue weighted by molar-refractivity contribution is 0.168. The molecule has 0 atom stereocenters. The Bertz CT molecular complexity index is 401. The number of rotatable bonds is 6. The van der Waals surface area contributed by atoms with E-state index in [1.165, 1.54) is 0 Å². The van der Waals surface area contributed by atoms with E-state index in [0.29, 0.717) is 0 Å². The van der Waals surface area contributed by atoms with Crippen LogP contribution in [0.1, 0.15) is 39.1 Å². The molecule has 0 aliphatic heterocycles. The van der Waals surface area contributed by atoms with Gasteiger partial charge in [0.1, 0.15) is 0 Å². The minimum absolute atomic E-state index is 0.0958. The molecule has 5 heteroatoms. The highest BCUT2D eigenvalue weighted by molar-refractivity contribution is 9.09. The number of aromatic nitrogens is 2. The van der Waals surface area contributed by atoms with Crippen molar-refractivity contribution >= 4 is 27.5 Å². The molecule has 1 rings (SSSR count). The van der Waals surface area contributed by atoms with E-state index in [1.54, 1.807) is 0 Å². The summed E-state index contributed by atoms with van der Waals surface area (Å²) in [6, 6.07) is 0. The summed E-state index contributed by atoms with van der Waals surface area (Å²) in [6.07, 6.45) is 0.879. The molecular formula is C13H23BrClN3. The van der Waals surface area contributed by atoms with Gasteiger partial charge in [0, 0.05) is 24.0 Å². The largest absolute Gasteiger partial charge is 0.295 e. The third-order valence-corrected chi connectivity index (χ3v) is 5.25. The van der Waals surface area contributed by atoms with E-state index in [1.807, 2.05) is 4.68 Å². The topological polar surface area (TPSA) is 21.1 Å². The molecule has 0 saturated heterocycles. The first-order valence-corrected chi connectivity index (χ1v) is 7.88. The van der Waals surface area contributed by atoms with Crippen molar-refractivity contribution in [2.24, 2.45) is 0 Å². The summed E-state index contributed by atoms with van der Waals surface area (Å²) in [7, 11) is 2.12. The summed E-state index contributed by atoms with van der Waals surface area (Å²) in [5.74, 6) is 0. The predicted molar refractivity (Wildman–Crippen MR) is 81.6 cm³/mol. The summed E-state index contributed by atoms with van der Waals surface area (Å²) in [6.45, 7) is 10.3. The van der Waals surface area contributed by atoms with Crippen molar-refractivity contribution in [3.63, 3.8) is 0 Å². The average molecular weight is 337 g/mol. The Kier molecular flexibility index (Phi) is 5.68. The zero-order valence-electron chi connectivity index (χ0n) is 11.9. The summed E-state index contributed by atoms with van der Waals surface area (Å²) < 4.78 is 2.02. The third-order valence-electron chi connectivity index (χ3n) is 3.44. The minimum Gasteiger partial charge on any atom is -0.295 e. The van der Waals surface area contributed by atoms with Crippen molar-refractivity contribution in [1.82, 2.24) is 14.7 Å². The van der Waals surface area contributed by atoms with E-state index in [4.69, 9.17) is 11.6 Å². The van der Waals surface area contributed by atoms with Crippen molar-refractivity contribution in [1.29, 1.82) is 0 Å². The molecule has 104 valence electrons. The van der Waals surface area contributed by atoms with E-state index < -0.39 is 0 Å². The van der Waals surface area contributed by atoms with E-state index in [9.17, 15) is 0 Å². The minimum atomic E-state index is 0.0958. The zero-order chi connectivity index (χ0) is 13.9. The molecule has 0 N–H and O–H groups in total. The van der Waals surface area contributed by atoms with Crippen molar-refractivity contribution in [3.8, 4) is 0 Å². The molecule has 0 fully saturated rings. The fourth-order valence-electron chi connectivity index (χ4n) is 1.71. The normalized spacial score (nSPS) is 12.4. The van der Waals surface area contributed by atoms with Crippen molar-refractivity contribution in [2.75, 3.05) is 12.4 Å². The Morgan fingerprint density at radius 3 is 2.44 bits per heavy atom. The second kappa shape index (κ2) is 6.40. The van der Waals surface area contributed by atoms with Crippen LogP contribution in [0.3, 0.4) is 0 Å². The number of hydrogen-bond donors (Lipinski definition) is 0. The van der Waals surface area contributed by atoms with Crippen LogP contribution in [0, 0.1) is 0 Å². The lowest BCUT2D eigenvalue weighted by Gasteiger charge is -2.34. The molecule has 0 aromatic carbocycles. The van der Waals surface area contributed by atoms with Gasteiger partial charge in [-0.05, 0) is 34.2 Å². The molecule has 0 bridgehead atoms. The highest BCUT2D eigenvalue weighted by atomic mass is 79.9.